The summed E-state index contributed by atoms with van der Waals surface area (Å²) in [5, 5.41) is 9.35. The van der Waals surface area contributed by atoms with Gasteiger partial charge in [0.25, 0.3) is 5.91 Å². The van der Waals surface area contributed by atoms with Crippen LogP contribution in [-0.2, 0) is 0 Å². The third kappa shape index (κ3) is 2.96. The second-order valence-electron chi connectivity index (χ2n) is 4.24. The number of anilines is 1. The summed E-state index contributed by atoms with van der Waals surface area (Å²) in [7, 11) is 1.39. The van der Waals surface area contributed by atoms with Crippen LogP contribution in [-0.4, -0.2) is 28.4 Å². The number of carbonyl (C=O) groups excluding carboxylic acids is 1. The molecule has 0 saturated carbocycles. The molecule has 1 heterocycles. The molecular formula is C13H10BrFN2O3S. The minimum absolute atomic E-state index is 0.0478. The van der Waals surface area contributed by atoms with Crippen LogP contribution in [0.25, 0.3) is 0 Å². The molecule has 2 aromatic rings. The molecule has 1 amide bonds. The zero-order valence-electron chi connectivity index (χ0n) is 11.1. The van der Waals surface area contributed by atoms with Gasteiger partial charge in [0.05, 0.1) is 11.3 Å². The van der Waals surface area contributed by atoms with Gasteiger partial charge in [-0.3, -0.25) is 4.79 Å². The largest absolute Gasteiger partial charge is 0.478 e. The van der Waals surface area contributed by atoms with Crippen molar-refractivity contribution in [3.63, 3.8) is 0 Å². The van der Waals surface area contributed by atoms with E-state index in [-0.39, 0.29) is 16.1 Å². The van der Waals surface area contributed by atoms with E-state index in [1.165, 1.54) is 19.2 Å². The molecule has 0 saturated heterocycles. The average Bonchev–Trinajstić information content (AvgIpc) is 2.79. The molecule has 0 spiro atoms. The number of halogens is 2. The quantitative estimate of drug-likeness (QED) is 0.896. The van der Waals surface area contributed by atoms with E-state index >= 15 is 0 Å². The number of benzene rings is 1. The van der Waals surface area contributed by atoms with Gasteiger partial charge in [-0.05, 0) is 36.7 Å². The second kappa shape index (κ2) is 5.90. The van der Waals surface area contributed by atoms with Crippen LogP contribution >= 0.6 is 27.5 Å². The minimum atomic E-state index is -1.17. The highest BCUT2D eigenvalue weighted by Crippen LogP contribution is 2.29. The van der Waals surface area contributed by atoms with E-state index < -0.39 is 17.7 Å². The molecule has 0 atom stereocenters. The van der Waals surface area contributed by atoms with E-state index in [9.17, 15) is 19.1 Å². The topological polar surface area (TPSA) is 70.5 Å². The Morgan fingerprint density at radius 3 is 2.67 bits per heavy atom. The number of hydrogen-bond donors (Lipinski definition) is 1. The third-order valence-corrected chi connectivity index (χ3v) is 4.34. The lowest BCUT2D eigenvalue weighted by Gasteiger charge is -2.16. The van der Waals surface area contributed by atoms with Gasteiger partial charge >= 0.3 is 5.97 Å². The number of aromatic nitrogens is 1. The number of carboxylic acid groups (broad SMARTS) is 1. The van der Waals surface area contributed by atoms with Gasteiger partial charge in [0, 0.05) is 11.5 Å². The van der Waals surface area contributed by atoms with Crippen LogP contribution in [0.3, 0.4) is 0 Å². The summed E-state index contributed by atoms with van der Waals surface area (Å²) in [5.41, 5.74) is 0.134. The average molecular weight is 373 g/mol. The molecule has 5 nitrogen and oxygen atoms in total. The molecule has 1 aromatic heterocycles. The number of hydrogen-bond acceptors (Lipinski definition) is 4. The third-order valence-electron chi connectivity index (χ3n) is 2.83. The number of aryl methyl sites for hydroxylation is 1. The Bertz CT molecular complexity index is 732. The van der Waals surface area contributed by atoms with Crippen molar-refractivity contribution in [2.24, 2.45) is 0 Å². The van der Waals surface area contributed by atoms with Gasteiger partial charge < -0.3 is 10.0 Å². The Kier molecular flexibility index (Phi) is 4.38. The van der Waals surface area contributed by atoms with Crippen molar-refractivity contribution >= 4 is 44.3 Å². The first-order chi connectivity index (χ1) is 9.82. The van der Waals surface area contributed by atoms with E-state index in [2.05, 4.69) is 20.3 Å². The Labute approximate surface area is 132 Å². The number of amides is 1. The Balaban J connectivity index is 2.42. The Morgan fingerprint density at radius 2 is 2.10 bits per heavy atom. The molecule has 110 valence electrons. The molecule has 0 fully saturated rings. The maximum Gasteiger partial charge on any atom is 0.340 e. The highest BCUT2D eigenvalue weighted by Gasteiger charge is 2.26. The summed E-state index contributed by atoms with van der Waals surface area (Å²) in [6.07, 6.45) is 0. The van der Waals surface area contributed by atoms with Crippen molar-refractivity contribution in [2.75, 3.05) is 11.9 Å². The number of carboxylic acids is 1. The molecule has 0 aliphatic carbocycles. The van der Waals surface area contributed by atoms with Crippen LogP contribution in [0.5, 0.6) is 0 Å². The summed E-state index contributed by atoms with van der Waals surface area (Å²) in [5.74, 6) is -2.49. The van der Waals surface area contributed by atoms with E-state index in [4.69, 9.17) is 0 Å². The maximum absolute atomic E-state index is 13.8. The highest BCUT2D eigenvalue weighted by molar-refractivity contribution is 9.10. The molecular weight excluding hydrogens is 363 g/mol. The van der Waals surface area contributed by atoms with E-state index in [0.29, 0.717) is 10.2 Å². The van der Waals surface area contributed by atoms with Crippen LogP contribution in [0.1, 0.15) is 26.4 Å². The van der Waals surface area contributed by atoms with Gasteiger partial charge in [0.1, 0.15) is 16.4 Å². The molecule has 1 N–H and O–H groups in total. The van der Waals surface area contributed by atoms with Crippen LogP contribution in [0.15, 0.2) is 22.7 Å². The van der Waals surface area contributed by atoms with E-state index in [0.717, 1.165) is 16.4 Å². The van der Waals surface area contributed by atoms with Gasteiger partial charge in [-0.15, -0.1) is 0 Å². The standard InChI is InChI=1S/C13H10BrFN2O3S/c1-6-10(13(19)20)12(21-16-6)17(2)11(18)8-4-3-7(14)5-9(8)15/h3-5H,1-2H3,(H,19,20). The van der Waals surface area contributed by atoms with Gasteiger partial charge in [0.2, 0.25) is 0 Å². The van der Waals surface area contributed by atoms with Crippen molar-refractivity contribution in [2.45, 2.75) is 6.92 Å². The number of rotatable bonds is 3. The second-order valence-corrected chi connectivity index (χ2v) is 5.91. The zero-order valence-corrected chi connectivity index (χ0v) is 13.5. The van der Waals surface area contributed by atoms with Gasteiger partial charge in [0.15, 0.2) is 0 Å². The molecule has 0 aliphatic heterocycles. The number of nitrogens with zero attached hydrogens (tertiary/aromatic N) is 2. The lowest BCUT2D eigenvalue weighted by Crippen LogP contribution is -2.27. The van der Waals surface area contributed by atoms with Crippen molar-refractivity contribution in [1.82, 2.24) is 4.37 Å². The van der Waals surface area contributed by atoms with E-state index in [1.807, 2.05) is 0 Å². The summed E-state index contributed by atoms with van der Waals surface area (Å²) < 4.78 is 18.3. The van der Waals surface area contributed by atoms with Crippen LogP contribution in [0.2, 0.25) is 0 Å². The molecule has 0 aliphatic rings. The van der Waals surface area contributed by atoms with Crippen LogP contribution in [0.4, 0.5) is 9.39 Å². The van der Waals surface area contributed by atoms with Crippen molar-refractivity contribution in [3.05, 3.63) is 45.3 Å². The van der Waals surface area contributed by atoms with Gasteiger partial charge in [-0.2, -0.15) is 4.37 Å². The molecule has 0 bridgehead atoms. The summed E-state index contributed by atoms with van der Waals surface area (Å²) in [6.45, 7) is 1.54. The monoisotopic (exact) mass is 372 g/mol. The van der Waals surface area contributed by atoms with Crippen molar-refractivity contribution in [1.29, 1.82) is 0 Å². The lowest BCUT2D eigenvalue weighted by atomic mass is 10.2. The SMILES string of the molecule is Cc1nsc(N(C)C(=O)c2ccc(Br)cc2F)c1C(=O)O. The normalized spacial score (nSPS) is 10.5. The zero-order chi connectivity index (χ0) is 15.7. The highest BCUT2D eigenvalue weighted by atomic mass is 79.9. The maximum atomic E-state index is 13.8. The summed E-state index contributed by atoms with van der Waals surface area (Å²) in [6, 6.07) is 4.06. The fourth-order valence-corrected chi connectivity index (χ4v) is 2.95. The van der Waals surface area contributed by atoms with Crippen molar-refractivity contribution in [3.8, 4) is 0 Å². The first-order valence-corrected chi connectivity index (χ1v) is 7.32. The number of aromatic carboxylic acids is 1. The fourth-order valence-electron chi connectivity index (χ4n) is 1.77. The Morgan fingerprint density at radius 1 is 1.43 bits per heavy atom. The van der Waals surface area contributed by atoms with Crippen LogP contribution in [0, 0.1) is 12.7 Å². The molecule has 0 unspecified atom stereocenters. The number of carbonyl (C=O) groups is 2. The smallest absolute Gasteiger partial charge is 0.340 e. The van der Waals surface area contributed by atoms with Gasteiger partial charge in [-0.25, -0.2) is 9.18 Å². The summed E-state index contributed by atoms with van der Waals surface area (Å²) in [4.78, 5) is 24.6. The molecule has 8 heteroatoms. The van der Waals surface area contributed by atoms with Gasteiger partial charge in [-0.1, -0.05) is 15.9 Å². The first-order valence-electron chi connectivity index (χ1n) is 5.75. The predicted molar refractivity (Wildman–Crippen MR) is 80.6 cm³/mol. The predicted octanol–water partition coefficient (Wildman–Crippen LogP) is 3.33. The molecule has 21 heavy (non-hydrogen) atoms. The molecule has 1 aromatic carbocycles. The molecule has 0 radical (unpaired) electrons. The molecule has 2 rings (SSSR count). The van der Waals surface area contributed by atoms with E-state index in [1.54, 1.807) is 13.0 Å². The Hall–Kier alpha value is -1.80. The first kappa shape index (κ1) is 15.6. The lowest BCUT2D eigenvalue weighted by molar-refractivity contribution is 0.0697. The van der Waals surface area contributed by atoms with Crippen LogP contribution < -0.4 is 4.90 Å². The van der Waals surface area contributed by atoms with Crippen molar-refractivity contribution < 1.29 is 19.1 Å². The fraction of sp³-hybridized carbons (Fsp3) is 0.154. The minimum Gasteiger partial charge on any atom is -0.478 e. The summed E-state index contributed by atoms with van der Waals surface area (Å²) >= 11 is 4.00.